The van der Waals surface area contributed by atoms with Crippen LogP contribution in [0.5, 0.6) is 0 Å². The Bertz CT molecular complexity index is 229. The molecule has 0 rings (SSSR count). The number of hydrogen-bond donors (Lipinski definition) is 2. The van der Waals surface area contributed by atoms with Gasteiger partial charge in [0.2, 0.25) is 5.91 Å². The molecule has 0 aliphatic carbocycles. The Balaban J connectivity index is 4.23. The van der Waals surface area contributed by atoms with Crippen LogP contribution < -0.4 is 10.6 Å². The summed E-state index contributed by atoms with van der Waals surface area (Å²) in [5, 5.41) is 6.43. The minimum Gasteiger partial charge on any atom is -0.352 e. The highest BCUT2D eigenvalue weighted by Gasteiger charge is 2.24. The van der Waals surface area contributed by atoms with Gasteiger partial charge in [0, 0.05) is 12.1 Å². The van der Waals surface area contributed by atoms with Crippen LogP contribution in [0, 0.1) is 5.41 Å². The maximum absolute atomic E-state index is 12.0. The van der Waals surface area contributed by atoms with Crippen LogP contribution in [0.1, 0.15) is 61.3 Å². The van der Waals surface area contributed by atoms with Crippen LogP contribution in [-0.4, -0.2) is 24.0 Å². The lowest BCUT2D eigenvalue weighted by atomic mass is 9.87. The molecule has 0 spiro atoms. The van der Waals surface area contributed by atoms with E-state index in [1.807, 2.05) is 6.92 Å². The third-order valence-electron chi connectivity index (χ3n) is 3.52. The first kappa shape index (κ1) is 16.4. The summed E-state index contributed by atoms with van der Waals surface area (Å²) in [7, 11) is 0. The van der Waals surface area contributed by atoms with Gasteiger partial charge in [0.1, 0.15) is 0 Å². The highest BCUT2D eigenvalue weighted by Crippen LogP contribution is 2.18. The van der Waals surface area contributed by atoms with Gasteiger partial charge in [-0.2, -0.15) is 0 Å². The van der Waals surface area contributed by atoms with Gasteiger partial charge in [0.15, 0.2) is 0 Å². The molecule has 0 heterocycles. The van der Waals surface area contributed by atoms with Crippen molar-refractivity contribution in [2.45, 2.75) is 79.4 Å². The first-order chi connectivity index (χ1) is 7.72. The van der Waals surface area contributed by atoms with E-state index in [-0.39, 0.29) is 17.4 Å². The van der Waals surface area contributed by atoms with Crippen LogP contribution in [0.25, 0.3) is 0 Å². The molecule has 0 saturated carbocycles. The van der Waals surface area contributed by atoms with Crippen molar-refractivity contribution < 1.29 is 4.79 Å². The van der Waals surface area contributed by atoms with E-state index in [4.69, 9.17) is 0 Å². The average molecular weight is 242 g/mol. The Kier molecular flexibility index (Phi) is 6.76. The summed E-state index contributed by atoms with van der Waals surface area (Å²) in [4.78, 5) is 12.0. The summed E-state index contributed by atoms with van der Waals surface area (Å²) in [5.74, 6) is 0.106. The molecule has 0 saturated heterocycles. The maximum atomic E-state index is 12.0. The zero-order valence-electron chi connectivity index (χ0n) is 12.6. The first-order valence-electron chi connectivity index (χ1n) is 6.78. The van der Waals surface area contributed by atoms with Gasteiger partial charge in [0.25, 0.3) is 0 Å². The second kappa shape index (κ2) is 7.00. The van der Waals surface area contributed by atoms with E-state index in [2.05, 4.69) is 52.2 Å². The third kappa shape index (κ3) is 6.06. The van der Waals surface area contributed by atoms with Crippen molar-refractivity contribution >= 4 is 5.91 Å². The lowest BCUT2D eigenvalue weighted by Gasteiger charge is -2.31. The second-order valence-corrected chi connectivity index (χ2v) is 6.00. The van der Waals surface area contributed by atoms with Crippen molar-refractivity contribution in [3.8, 4) is 0 Å². The quantitative estimate of drug-likeness (QED) is 0.752. The Morgan fingerprint density at radius 2 is 1.59 bits per heavy atom. The highest BCUT2D eigenvalue weighted by atomic mass is 16.2. The van der Waals surface area contributed by atoms with Crippen LogP contribution in [0.2, 0.25) is 0 Å². The molecule has 2 N–H and O–H groups in total. The SMILES string of the molecule is CCC(CC)NC(=O)C(C)NC(C)C(C)(C)C. The Hall–Kier alpha value is -0.570. The predicted molar refractivity (Wildman–Crippen MR) is 74.0 cm³/mol. The van der Waals surface area contributed by atoms with Crippen molar-refractivity contribution in [3.05, 3.63) is 0 Å². The number of carbonyl (C=O) groups excluding carboxylic acids is 1. The molecular formula is C14H30N2O. The molecule has 0 radical (unpaired) electrons. The van der Waals surface area contributed by atoms with Crippen molar-refractivity contribution in [2.75, 3.05) is 0 Å². The standard InChI is InChI=1S/C14H30N2O/c1-8-12(9-2)16-13(17)10(3)15-11(4)14(5,6)7/h10-12,15H,8-9H2,1-7H3,(H,16,17). The molecular weight excluding hydrogens is 212 g/mol. The second-order valence-electron chi connectivity index (χ2n) is 6.00. The highest BCUT2D eigenvalue weighted by molar-refractivity contribution is 5.81. The van der Waals surface area contributed by atoms with Gasteiger partial charge in [-0.3, -0.25) is 4.79 Å². The summed E-state index contributed by atoms with van der Waals surface area (Å²) in [5.41, 5.74) is 0.170. The van der Waals surface area contributed by atoms with Gasteiger partial charge < -0.3 is 10.6 Å². The fourth-order valence-electron chi connectivity index (χ4n) is 1.52. The monoisotopic (exact) mass is 242 g/mol. The molecule has 2 unspecified atom stereocenters. The van der Waals surface area contributed by atoms with E-state index >= 15 is 0 Å². The number of amides is 1. The van der Waals surface area contributed by atoms with E-state index in [9.17, 15) is 4.79 Å². The van der Waals surface area contributed by atoms with Crippen LogP contribution in [0.3, 0.4) is 0 Å². The predicted octanol–water partition coefficient (Wildman–Crippen LogP) is 2.70. The number of carbonyl (C=O) groups is 1. The molecule has 2 atom stereocenters. The summed E-state index contributed by atoms with van der Waals surface area (Å²) in [6.07, 6.45) is 1.98. The third-order valence-corrected chi connectivity index (χ3v) is 3.52. The zero-order chi connectivity index (χ0) is 13.6. The van der Waals surface area contributed by atoms with Crippen LogP contribution in [-0.2, 0) is 4.79 Å². The number of rotatable bonds is 6. The molecule has 3 nitrogen and oxygen atoms in total. The summed E-state index contributed by atoms with van der Waals surface area (Å²) in [6.45, 7) is 14.8. The molecule has 17 heavy (non-hydrogen) atoms. The van der Waals surface area contributed by atoms with E-state index in [0.29, 0.717) is 12.1 Å². The fourth-order valence-corrected chi connectivity index (χ4v) is 1.52. The van der Waals surface area contributed by atoms with E-state index in [0.717, 1.165) is 12.8 Å². The van der Waals surface area contributed by atoms with E-state index in [1.54, 1.807) is 0 Å². The van der Waals surface area contributed by atoms with Gasteiger partial charge in [-0.15, -0.1) is 0 Å². The minimum absolute atomic E-state index is 0.106. The van der Waals surface area contributed by atoms with Crippen molar-refractivity contribution in [1.29, 1.82) is 0 Å². The average Bonchev–Trinajstić information content (AvgIpc) is 2.23. The van der Waals surface area contributed by atoms with Crippen molar-refractivity contribution in [3.63, 3.8) is 0 Å². The molecule has 0 aromatic carbocycles. The topological polar surface area (TPSA) is 41.1 Å². The van der Waals surface area contributed by atoms with Crippen LogP contribution >= 0.6 is 0 Å². The molecule has 0 aliphatic rings. The molecule has 0 bridgehead atoms. The summed E-state index contributed by atoms with van der Waals surface area (Å²) < 4.78 is 0. The van der Waals surface area contributed by atoms with Gasteiger partial charge >= 0.3 is 0 Å². The molecule has 1 amide bonds. The summed E-state index contributed by atoms with van der Waals surface area (Å²) in [6, 6.07) is 0.478. The Morgan fingerprint density at radius 3 is 1.94 bits per heavy atom. The largest absolute Gasteiger partial charge is 0.352 e. The normalized spacial score (nSPS) is 15.8. The molecule has 0 aromatic heterocycles. The zero-order valence-corrected chi connectivity index (χ0v) is 12.6. The van der Waals surface area contributed by atoms with Gasteiger partial charge in [-0.1, -0.05) is 34.6 Å². The molecule has 0 aliphatic heterocycles. The molecule has 3 heteroatoms. The van der Waals surface area contributed by atoms with Crippen LogP contribution in [0.4, 0.5) is 0 Å². The van der Waals surface area contributed by atoms with E-state index in [1.165, 1.54) is 0 Å². The number of hydrogen-bond acceptors (Lipinski definition) is 2. The van der Waals surface area contributed by atoms with Crippen molar-refractivity contribution in [1.82, 2.24) is 10.6 Å². The molecule has 0 aromatic rings. The Labute approximate surface area is 107 Å². The lowest BCUT2D eigenvalue weighted by Crippen LogP contribution is -2.51. The van der Waals surface area contributed by atoms with Gasteiger partial charge in [0.05, 0.1) is 6.04 Å². The molecule has 102 valence electrons. The molecule has 0 fully saturated rings. The van der Waals surface area contributed by atoms with Crippen molar-refractivity contribution in [2.24, 2.45) is 5.41 Å². The minimum atomic E-state index is -0.134. The fraction of sp³-hybridized carbons (Fsp3) is 0.929. The Morgan fingerprint density at radius 1 is 1.12 bits per heavy atom. The van der Waals surface area contributed by atoms with Gasteiger partial charge in [-0.25, -0.2) is 0 Å². The maximum Gasteiger partial charge on any atom is 0.237 e. The van der Waals surface area contributed by atoms with Crippen LogP contribution in [0.15, 0.2) is 0 Å². The summed E-state index contributed by atoms with van der Waals surface area (Å²) >= 11 is 0. The first-order valence-corrected chi connectivity index (χ1v) is 6.78. The lowest BCUT2D eigenvalue weighted by molar-refractivity contribution is -0.123. The number of nitrogens with one attached hydrogen (secondary N) is 2. The smallest absolute Gasteiger partial charge is 0.237 e. The van der Waals surface area contributed by atoms with Gasteiger partial charge in [-0.05, 0) is 32.1 Å². The van der Waals surface area contributed by atoms with E-state index < -0.39 is 0 Å².